The third-order valence-electron chi connectivity index (χ3n) is 3.60. The second-order valence-electron chi connectivity index (χ2n) is 4.79. The molecule has 2 N–H and O–H groups in total. The van der Waals surface area contributed by atoms with E-state index < -0.39 is 18.1 Å². The van der Waals surface area contributed by atoms with Crippen LogP contribution in [0.25, 0.3) is 0 Å². The Morgan fingerprint density at radius 2 is 1.72 bits per heavy atom. The number of aliphatic hydroxyl groups is 1. The van der Waals surface area contributed by atoms with Crippen LogP contribution >= 0.6 is 0 Å². The van der Waals surface area contributed by atoms with Crippen molar-refractivity contribution < 1.29 is 14.7 Å². The maximum absolute atomic E-state index is 11.8. The van der Waals surface area contributed by atoms with Crippen LogP contribution in [0.4, 0.5) is 0 Å². The molecule has 2 aliphatic rings. The predicted molar refractivity (Wildman–Crippen MR) is 63.3 cm³/mol. The Balaban J connectivity index is 1.78. The average Bonchev–Trinajstić information content (AvgIpc) is 2.77. The van der Waals surface area contributed by atoms with E-state index in [1.165, 1.54) is 11.1 Å². The van der Waals surface area contributed by atoms with Gasteiger partial charge in [0, 0.05) is 19.5 Å². The number of carbonyl (C=O) groups excluding carboxylic acids is 2. The fourth-order valence-electron chi connectivity index (χ4n) is 2.61. The average molecular weight is 246 g/mol. The van der Waals surface area contributed by atoms with Crippen LogP contribution in [0.5, 0.6) is 0 Å². The molecular formula is C13H14N2O3. The van der Waals surface area contributed by atoms with E-state index in [1.54, 1.807) is 0 Å². The first-order chi connectivity index (χ1) is 8.65. The van der Waals surface area contributed by atoms with Gasteiger partial charge in [-0.1, -0.05) is 24.3 Å². The molecule has 0 bridgehead atoms. The van der Waals surface area contributed by atoms with E-state index in [-0.39, 0.29) is 12.3 Å². The third kappa shape index (κ3) is 1.81. The van der Waals surface area contributed by atoms with E-state index in [0.717, 1.165) is 0 Å². The van der Waals surface area contributed by atoms with Crippen molar-refractivity contribution in [2.24, 2.45) is 0 Å². The van der Waals surface area contributed by atoms with Crippen molar-refractivity contribution in [2.75, 3.05) is 0 Å². The smallest absolute Gasteiger partial charge is 0.255 e. The van der Waals surface area contributed by atoms with Crippen LogP contribution in [-0.2, 0) is 22.7 Å². The molecule has 0 aromatic heterocycles. The molecule has 0 radical (unpaired) electrons. The van der Waals surface area contributed by atoms with Gasteiger partial charge in [0.05, 0.1) is 6.04 Å². The lowest BCUT2D eigenvalue weighted by Crippen LogP contribution is -2.56. The van der Waals surface area contributed by atoms with Crippen LogP contribution in [0.15, 0.2) is 24.3 Å². The largest absolute Gasteiger partial charge is 0.383 e. The van der Waals surface area contributed by atoms with E-state index in [2.05, 4.69) is 5.32 Å². The Bertz CT molecular complexity index is 490. The Hall–Kier alpha value is -1.72. The first kappa shape index (κ1) is 11.4. The number of nitrogens with one attached hydrogen (secondary N) is 1. The fraction of sp³-hybridized carbons (Fsp3) is 0.385. The van der Waals surface area contributed by atoms with Crippen LogP contribution in [0, 0.1) is 0 Å². The van der Waals surface area contributed by atoms with Gasteiger partial charge in [0.1, 0.15) is 6.10 Å². The Morgan fingerprint density at radius 1 is 1.11 bits per heavy atom. The van der Waals surface area contributed by atoms with Crippen LogP contribution in [0.1, 0.15) is 17.5 Å². The number of hydrogen-bond donors (Lipinski definition) is 2. The molecule has 0 saturated carbocycles. The number of benzene rings is 1. The number of carbonyl (C=O) groups is 2. The lowest BCUT2D eigenvalue weighted by atomic mass is 10.0. The molecule has 2 heterocycles. The minimum absolute atomic E-state index is 0.179. The second-order valence-corrected chi connectivity index (χ2v) is 4.79. The Morgan fingerprint density at radius 3 is 2.33 bits per heavy atom. The zero-order valence-electron chi connectivity index (χ0n) is 9.80. The van der Waals surface area contributed by atoms with Gasteiger partial charge in [-0.25, -0.2) is 0 Å². The summed E-state index contributed by atoms with van der Waals surface area (Å²) in [6.07, 6.45) is -0.907. The first-order valence-corrected chi connectivity index (χ1v) is 5.99. The zero-order chi connectivity index (χ0) is 12.7. The van der Waals surface area contributed by atoms with Crippen molar-refractivity contribution in [1.82, 2.24) is 10.2 Å². The van der Waals surface area contributed by atoms with Crippen LogP contribution in [-0.4, -0.2) is 34.0 Å². The fourth-order valence-corrected chi connectivity index (χ4v) is 2.61. The highest BCUT2D eigenvalue weighted by atomic mass is 16.3. The summed E-state index contributed by atoms with van der Waals surface area (Å²) in [6, 6.07) is 7.60. The summed E-state index contributed by atoms with van der Waals surface area (Å²) >= 11 is 0. The van der Waals surface area contributed by atoms with Crippen molar-refractivity contribution in [3.05, 3.63) is 35.4 Å². The molecule has 94 valence electrons. The Labute approximate surface area is 104 Å². The monoisotopic (exact) mass is 246 g/mol. The number of rotatable bonds is 1. The van der Waals surface area contributed by atoms with E-state index >= 15 is 0 Å². The maximum Gasteiger partial charge on any atom is 0.255 e. The minimum atomic E-state index is -1.09. The molecule has 0 spiro atoms. The number of piperidine rings is 1. The quantitative estimate of drug-likeness (QED) is 0.672. The van der Waals surface area contributed by atoms with Gasteiger partial charge in [0.15, 0.2) is 0 Å². The van der Waals surface area contributed by atoms with E-state index in [4.69, 9.17) is 0 Å². The molecule has 0 aliphatic carbocycles. The summed E-state index contributed by atoms with van der Waals surface area (Å²) in [4.78, 5) is 25.0. The van der Waals surface area contributed by atoms with Gasteiger partial charge in [-0.15, -0.1) is 0 Å². The van der Waals surface area contributed by atoms with Crippen LogP contribution in [0.2, 0.25) is 0 Å². The van der Waals surface area contributed by atoms with Gasteiger partial charge in [-0.2, -0.15) is 0 Å². The topological polar surface area (TPSA) is 69.6 Å². The van der Waals surface area contributed by atoms with Crippen molar-refractivity contribution in [3.63, 3.8) is 0 Å². The molecule has 2 atom stereocenters. The first-order valence-electron chi connectivity index (χ1n) is 5.99. The van der Waals surface area contributed by atoms with Crippen molar-refractivity contribution in [2.45, 2.75) is 31.7 Å². The molecule has 5 heteroatoms. The highest BCUT2D eigenvalue weighted by Crippen LogP contribution is 2.26. The van der Waals surface area contributed by atoms with Crippen LogP contribution < -0.4 is 5.32 Å². The van der Waals surface area contributed by atoms with E-state index in [0.29, 0.717) is 13.1 Å². The van der Waals surface area contributed by atoms with Gasteiger partial charge >= 0.3 is 0 Å². The number of aliphatic hydroxyl groups excluding tert-OH is 1. The summed E-state index contributed by atoms with van der Waals surface area (Å²) in [5, 5.41) is 11.8. The summed E-state index contributed by atoms with van der Waals surface area (Å²) in [5.41, 5.74) is 2.41. The van der Waals surface area contributed by atoms with Gasteiger partial charge in [0.25, 0.3) is 5.91 Å². The van der Waals surface area contributed by atoms with Gasteiger partial charge < -0.3 is 5.11 Å². The molecular weight excluding hydrogens is 232 g/mol. The molecule has 5 nitrogen and oxygen atoms in total. The highest BCUT2D eigenvalue weighted by molar-refractivity contribution is 6.02. The minimum Gasteiger partial charge on any atom is -0.383 e. The van der Waals surface area contributed by atoms with Crippen molar-refractivity contribution >= 4 is 11.8 Å². The molecule has 18 heavy (non-hydrogen) atoms. The number of hydrogen-bond acceptors (Lipinski definition) is 4. The number of imide groups is 1. The Kier molecular flexibility index (Phi) is 2.65. The van der Waals surface area contributed by atoms with Gasteiger partial charge in [0.2, 0.25) is 5.91 Å². The standard InChI is InChI=1S/C13H14N2O3/c16-11-5-10(12(17)14-13(11)18)15-6-8-3-1-2-4-9(8)7-15/h1-4,10-11,16H,5-7H2,(H,14,17,18). The summed E-state index contributed by atoms with van der Waals surface area (Å²) < 4.78 is 0. The predicted octanol–water partition coefficient (Wildman–Crippen LogP) is -0.222. The second kappa shape index (κ2) is 4.19. The molecule has 1 fully saturated rings. The molecule has 1 aromatic rings. The normalized spacial score (nSPS) is 28.1. The third-order valence-corrected chi connectivity index (χ3v) is 3.60. The molecule has 2 aliphatic heterocycles. The van der Waals surface area contributed by atoms with Crippen molar-refractivity contribution in [1.29, 1.82) is 0 Å². The van der Waals surface area contributed by atoms with Crippen molar-refractivity contribution in [3.8, 4) is 0 Å². The lowest BCUT2D eigenvalue weighted by Gasteiger charge is -2.31. The van der Waals surface area contributed by atoms with E-state index in [1.807, 2.05) is 29.2 Å². The molecule has 2 amide bonds. The summed E-state index contributed by atoms with van der Waals surface area (Å²) in [5.74, 6) is -0.897. The molecule has 1 aromatic carbocycles. The molecule has 1 saturated heterocycles. The summed E-state index contributed by atoms with van der Waals surface area (Å²) in [7, 11) is 0. The summed E-state index contributed by atoms with van der Waals surface area (Å²) in [6.45, 7) is 1.38. The highest BCUT2D eigenvalue weighted by Gasteiger charge is 2.38. The van der Waals surface area contributed by atoms with Gasteiger partial charge in [-0.05, 0) is 11.1 Å². The number of nitrogens with zero attached hydrogens (tertiary/aromatic N) is 1. The van der Waals surface area contributed by atoms with Crippen LogP contribution in [0.3, 0.4) is 0 Å². The maximum atomic E-state index is 11.8. The van der Waals surface area contributed by atoms with Gasteiger partial charge in [-0.3, -0.25) is 19.8 Å². The number of fused-ring (bicyclic) bond motifs is 1. The molecule has 2 unspecified atom stereocenters. The lowest BCUT2D eigenvalue weighted by molar-refractivity contribution is -0.145. The molecule has 3 rings (SSSR count). The number of amides is 2. The van der Waals surface area contributed by atoms with E-state index in [9.17, 15) is 14.7 Å². The zero-order valence-corrected chi connectivity index (χ0v) is 9.80. The SMILES string of the molecule is O=C1NC(=O)C(N2Cc3ccccc3C2)CC1O.